The molecule has 5 aromatic carbocycles. The molecule has 5 heteroatoms. The Labute approximate surface area is 230 Å². The van der Waals surface area contributed by atoms with Gasteiger partial charge in [-0.1, -0.05) is 119 Å². The Bertz CT molecular complexity index is 1850. The highest BCUT2D eigenvalue weighted by Crippen LogP contribution is 2.63. The summed E-state index contributed by atoms with van der Waals surface area (Å²) in [5.74, 6) is 0.855. The molecule has 6 rings (SSSR count). The van der Waals surface area contributed by atoms with Gasteiger partial charge in [-0.25, -0.2) is 4.74 Å². The molecular formula is C34H34N3OP. The summed E-state index contributed by atoms with van der Waals surface area (Å²) in [5.41, 5.74) is 3.02. The number of benzene rings is 5. The lowest BCUT2D eigenvalue weighted by Gasteiger charge is -2.37. The molecule has 4 nitrogen and oxygen atoms in total. The largest absolute Gasteiger partial charge is 0.453 e. The Kier molecular flexibility index (Phi) is 6.53. The predicted molar refractivity (Wildman–Crippen MR) is 167 cm³/mol. The zero-order valence-electron chi connectivity index (χ0n) is 23.0. The molecule has 0 saturated heterocycles. The van der Waals surface area contributed by atoms with E-state index in [-0.39, 0.29) is 5.16 Å². The van der Waals surface area contributed by atoms with Crippen LogP contribution in [0.15, 0.2) is 114 Å². The van der Waals surface area contributed by atoms with Crippen molar-refractivity contribution in [1.29, 1.82) is 0 Å². The number of aromatic nitrogens is 2. The summed E-state index contributed by atoms with van der Waals surface area (Å²) in [6.45, 7) is 9.78. The van der Waals surface area contributed by atoms with Crippen molar-refractivity contribution in [2.75, 3.05) is 0 Å². The average Bonchev–Trinajstić information content (AvgIpc) is 3.31. The lowest BCUT2D eigenvalue weighted by molar-refractivity contribution is 0.563. The van der Waals surface area contributed by atoms with Crippen LogP contribution in [0.5, 0.6) is 5.75 Å². The Morgan fingerprint density at radius 1 is 0.718 bits per heavy atom. The van der Waals surface area contributed by atoms with Crippen LogP contribution in [0, 0.1) is 0 Å². The highest BCUT2D eigenvalue weighted by atomic mass is 31.2. The number of rotatable bonds is 6. The van der Waals surface area contributed by atoms with Crippen LogP contribution >= 0.6 is 7.28 Å². The van der Waals surface area contributed by atoms with Crippen molar-refractivity contribution in [2.45, 2.75) is 45.8 Å². The summed E-state index contributed by atoms with van der Waals surface area (Å²) in [6, 6.07) is 38.0. The molecule has 1 atom stereocenters. The minimum Gasteiger partial charge on any atom is -0.453 e. The molecule has 0 amide bonds. The Morgan fingerprint density at radius 2 is 1.31 bits per heavy atom. The van der Waals surface area contributed by atoms with Crippen LogP contribution in [-0.2, 0) is 6.54 Å². The first-order valence-electron chi connectivity index (χ1n) is 13.6. The van der Waals surface area contributed by atoms with Crippen molar-refractivity contribution in [2.24, 2.45) is 4.74 Å². The minimum atomic E-state index is -2.82. The predicted octanol–water partition coefficient (Wildman–Crippen LogP) is 9.70. The van der Waals surface area contributed by atoms with Crippen molar-refractivity contribution in [1.82, 2.24) is 9.78 Å². The summed E-state index contributed by atoms with van der Waals surface area (Å²) in [5, 5.41) is 10.4. The third-order valence-electron chi connectivity index (χ3n) is 7.24. The summed E-state index contributed by atoms with van der Waals surface area (Å²) in [4.78, 5) is 0. The summed E-state index contributed by atoms with van der Waals surface area (Å²) < 4.78 is 15.4. The van der Waals surface area contributed by atoms with Crippen molar-refractivity contribution < 1.29 is 4.52 Å². The molecule has 6 aromatic rings. The van der Waals surface area contributed by atoms with Crippen LogP contribution in [0.3, 0.4) is 0 Å². The highest BCUT2D eigenvalue weighted by molar-refractivity contribution is 7.71. The lowest BCUT2D eigenvalue weighted by Crippen LogP contribution is -2.32. The van der Waals surface area contributed by atoms with Crippen LogP contribution < -0.4 is 9.96 Å². The number of fused-ring (bicyclic) bond motifs is 3. The Balaban J connectivity index is 1.77. The van der Waals surface area contributed by atoms with E-state index in [2.05, 4.69) is 142 Å². The second kappa shape index (κ2) is 10.0. The van der Waals surface area contributed by atoms with Gasteiger partial charge in [0.2, 0.25) is 0 Å². The van der Waals surface area contributed by atoms with Crippen LogP contribution in [0.1, 0.15) is 34.1 Å². The number of nitrogens with zero attached hydrogens (tertiary/aromatic N) is 3. The summed E-state index contributed by atoms with van der Waals surface area (Å²) >= 11 is 0. The first kappa shape index (κ1) is 25.4. The third-order valence-corrected chi connectivity index (χ3v) is 11.1. The Morgan fingerprint density at radius 3 is 2.03 bits per heavy atom. The topological polar surface area (TPSA) is 39.4 Å². The van der Waals surface area contributed by atoms with Gasteiger partial charge in [-0.05, 0) is 35.4 Å². The smallest absolute Gasteiger partial charge is 0.191 e. The number of hydrogen-bond donors (Lipinski definition) is 0. The zero-order chi connectivity index (χ0) is 27.0. The fraction of sp³-hybridized carbons (Fsp3) is 0.206. The van der Waals surface area contributed by atoms with Gasteiger partial charge in [0, 0.05) is 27.9 Å². The maximum atomic E-state index is 7.46. The van der Waals surface area contributed by atoms with Gasteiger partial charge >= 0.3 is 0 Å². The molecule has 0 bridgehead atoms. The van der Waals surface area contributed by atoms with E-state index in [4.69, 9.17) is 14.4 Å². The fourth-order valence-electron chi connectivity index (χ4n) is 5.33. The molecule has 0 N–H and O–H groups in total. The van der Waals surface area contributed by atoms with E-state index in [9.17, 15) is 0 Å². The van der Waals surface area contributed by atoms with E-state index in [1.165, 1.54) is 5.39 Å². The monoisotopic (exact) mass is 531 g/mol. The van der Waals surface area contributed by atoms with Crippen LogP contribution in [0.2, 0.25) is 0 Å². The van der Waals surface area contributed by atoms with Crippen LogP contribution in [-0.4, -0.2) is 14.9 Å². The zero-order valence-corrected chi connectivity index (χ0v) is 23.9. The quantitative estimate of drug-likeness (QED) is 0.201. The molecule has 39 heavy (non-hydrogen) atoms. The van der Waals surface area contributed by atoms with Gasteiger partial charge in [0.25, 0.3) is 0 Å². The van der Waals surface area contributed by atoms with Crippen molar-refractivity contribution >= 4 is 50.9 Å². The molecule has 0 aliphatic carbocycles. The van der Waals surface area contributed by atoms with E-state index in [1.807, 2.05) is 0 Å². The normalized spacial score (nSPS) is 13.5. The Hall–Kier alpha value is -3.88. The van der Waals surface area contributed by atoms with Gasteiger partial charge in [0.15, 0.2) is 7.28 Å². The summed E-state index contributed by atoms with van der Waals surface area (Å²) in [6.07, 6.45) is 0.966. The molecular weight excluding hydrogens is 497 g/mol. The maximum Gasteiger partial charge on any atom is 0.191 e. The molecule has 0 saturated carbocycles. The molecule has 0 fully saturated rings. The average molecular weight is 532 g/mol. The van der Waals surface area contributed by atoms with Gasteiger partial charge in [0.1, 0.15) is 11.2 Å². The first-order chi connectivity index (χ1) is 18.9. The molecule has 196 valence electrons. The van der Waals surface area contributed by atoms with Crippen LogP contribution in [0.4, 0.5) is 5.69 Å². The molecule has 0 spiro atoms. The molecule has 0 aliphatic heterocycles. The second-order valence-corrected chi connectivity index (χ2v) is 14.3. The first-order valence-corrected chi connectivity index (χ1v) is 15.3. The molecule has 1 heterocycles. The van der Waals surface area contributed by atoms with Crippen LogP contribution in [0.25, 0.3) is 32.4 Å². The van der Waals surface area contributed by atoms with Crippen molar-refractivity contribution in [3.63, 3.8) is 0 Å². The van der Waals surface area contributed by atoms with Gasteiger partial charge in [-0.3, -0.25) is 4.68 Å². The standard InChI is InChI=1S/C34H34N3OP/c1-5-24-37-33(29-20-10-11-21-30(29)35-37)39(34(2,3)4,36-31-22-12-16-25-14-6-8-18-27(25)31)38-32-23-13-17-26-15-7-9-19-28(26)32/h6-23H,5,24H2,1-4H3/t39-/m0/s1. The number of aryl methyl sites for hydroxylation is 1. The van der Waals surface area contributed by atoms with E-state index in [1.54, 1.807) is 0 Å². The summed E-state index contributed by atoms with van der Waals surface area (Å²) in [7, 11) is -2.82. The minimum absolute atomic E-state index is 0.338. The van der Waals surface area contributed by atoms with Gasteiger partial charge in [0.05, 0.1) is 11.2 Å². The van der Waals surface area contributed by atoms with E-state index >= 15 is 0 Å². The van der Waals surface area contributed by atoms with E-state index < -0.39 is 7.28 Å². The third kappa shape index (κ3) is 4.43. The molecule has 1 aromatic heterocycles. The number of hydrogen-bond acceptors (Lipinski definition) is 3. The highest BCUT2D eigenvalue weighted by Gasteiger charge is 2.43. The van der Waals surface area contributed by atoms with Gasteiger partial charge in [-0.2, -0.15) is 5.10 Å². The van der Waals surface area contributed by atoms with Crippen molar-refractivity contribution in [3.8, 4) is 5.75 Å². The van der Waals surface area contributed by atoms with Gasteiger partial charge in [-0.15, -0.1) is 0 Å². The molecule has 0 radical (unpaired) electrons. The molecule has 0 aliphatic rings. The molecule has 0 unspecified atom stereocenters. The lowest BCUT2D eigenvalue weighted by atomic mass is 10.1. The second-order valence-electron chi connectivity index (χ2n) is 11.0. The van der Waals surface area contributed by atoms with Gasteiger partial charge < -0.3 is 4.52 Å². The maximum absolute atomic E-state index is 7.46. The van der Waals surface area contributed by atoms with E-state index in [0.717, 1.165) is 56.9 Å². The van der Waals surface area contributed by atoms with E-state index in [0.29, 0.717) is 0 Å². The SMILES string of the molecule is CCCn1nc2ccccc2c1[P@](=Nc1cccc2ccccc12)(Oc1cccc2ccccc12)C(C)(C)C. The van der Waals surface area contributed by atoms with Crippen molar-refractivity contribution in [3.05, 3.63) is 109 Å². The fourth-order valence-corrected chi connectivity index (χ4v) is 8.66.